The van der Waals surface area contributed by atoms with Gasteiger partial charge in [-0.15, -0.1) is 0 Å². The van der Waals surface area contributed by atoms with Gasteiger partial charge in [-0.1, -0.05) is 6.07 Å². The van der Waals surface area contributed by atoms with Gasteiger partial charge in [-0.25, -0.2) is 5.48 Å². The Hall–Kier alpha value is -1.35. The van der Waals surface area contributed by atoms with Crippen LogP contribution in [0.2, 0.25) is 0 Å². The lowest BCUT2D eigenvalue weighted by Crippen LogP contribution is -2.24. The maximum absolute atomic E-state index is 11.8. The number of amides is 1. The number of benzene rings is 1. The van der Waals surface area contributed by atoms with Crippen molar-refractivity contribution in [3.63, 3.8) is 0 Å². The summed E-state index contributed by atoms with van der Waals surface area (Å²) in [5.74, 6) is -0.138. The smallest absolute Gasteiger partial charge is 0.275 e. The monoisotopic (exact) mass is 219 g/mol. The van der Waals surface area contributed by atoms with Crippen LogP contribution in [0, 0.1) is 6.92 Å². The van der Waals surface area contributed by atoms with E-state index < -0.39 is 0 Å². The Balaban J connectivity index is 2.42. The van der Waals surface area contributed by atoms with E-state index in [-0.39, 0.29) is 5.91 Å². The molecule has 0 saturated heterocycles. The summed E-state index contributed by atoms with van der Waals surface area (Å²) in [7, 11) is 1.46. The SMILES string of the molecule is CONC(=O)c1ccc(C)c2c1CCCC2. The van der Waals surface area contributed by atoms with Gasteiger partial charge < -0.3 is 0 Å². The van der Waals surface area contributed by atoms with E-state index in [1.807, 2.05) is 12.1 Å². The van der Waals surface area contributed by atoms with Gasteiger partial charge in [0.2, 0.25) is 0 Å². The molecule has 1 N–H and O–H groups in total. The second-order valence-electron chi connectivity index (χ2n) is 4.23. The van der Waals surface area contributed by atoms with Gasteiger partial charge in [0.1, 0.15) is 0 Å². The van der Waals surface area contributed by atoms with Crippen LogP contribution in [0.15, 0.2) is 12.1 Å². The molecule has 2 rings (SSSR count). The lowest BCUT2D eigenvalue weighted by molar-refractivity contribution is 0.0536. The first-order valence-electron chi connectivity index (χ1n) is 5.68. The fraction of sp³-hybridized carbons (Fsp3) is 0.462. The van der Waals surface area contributed by atoms with E-state index in [1.54, 1.807) is 0 Å². The van der Waals surface area contributed by atoms with Crippen LogP contribution in [-0.4, -0.2) is 13.0 Å². The summed E-state index contributed by atoms with van der Waals surface area (Å²) in [6.07, 6.45) is 4.49. The van der Waals surface area contributed by atoms with Crippen molar-refractivity contribution in [1.29, 1.82) is 0 Å². The second-order valence-corrected chi connectivity index (χ2v) is 4.23. The third kappa shape index (κ3) is 1.95. The lowest BCUT2D eigenvalue weighted by Gasteiger charge is -2.20. The molecule has 0 unspecified atom stereocenters. The highest BCUT2D eigenvalue weighted by atomic mass is 16.6. The zero-order chi connectivity index (χ0) is 11.5. The molecule has 0 bridgehead atoms. The molecule has 0 aliphatic heterocycles. The zero-order valence-electron chi connectivity index (χ0n) is 9.80. The van der Waals surface area contributed by atoms with E-state index in [9.17, 15) is 4.79 Å². The number of rotatable bonds is 2. The average Bonchev–Trinajstić information content (AvgIpc) is 2.30. The van der Waals surface area contributed by atoms with E-state index >= 15 is 0 Å². The van der Waals surface area contributed by atoms with Crippen molar-refractivity contribution in [1.82, 2.24) is 5.48 Å². The summed E-state index contributed by atoms with van der Waals surface area (Å²) < 4.78 is 0. The van der Waals surface area contributed by atoms with Gasteiger partial charge in [0.05, 0.1) is 7.11 Å². The number of hydroxylamine groups is 1. The molecule has 0 saturated carbocycles. The van der Waals surface area contributed by atoms with Crippen LogP contribution < -0.4 is 5.48 Å². The average molecular weight is 219 g/mol. The van der Waals surface area contributed by atoms with Gasteiger partial charge in [-0.05, 0) is 55.4 Å². The molecular formula is C13H17NO2. The standard InChI is InChI=1S/C13H17NO2/c1-9-7-8-12(13(15)14-16-2)11-6-4-3-5-10(9)11/h7-8H,3-6H2,1-2H3,(H,14,15). The van der Waals surface area contributed by atoms with Gasteiger partial charge in [-0.3, -0.25) is 9.63 Å². The van der Waals surface area contributed by atoms with Gasteiger partial charge in [-0.2, -0.15) is 0 Å². The Morgan fingerprint density at radius 1 is 1.25 bits per heavy atom. The van der Waals surface area contributed by atoms with Crippen molar-refractivity contribution >= 4 is 5.91 Å². The molecule has 1 aliphatic carbocycles. The van der Waals surface area contributed by atoms with E-state index in [0.29, 0.717) is 0 Å². The highest BCUT2D eigenvalue weighted by molar-refractivity contribution is 5.95. The molecule has 1 aromatic rings. The Morgan fingerprint density at radius 2 is 1.94 bits per heavy atom. The van der Waals surface area contributed by atoms with Crippen molar-refractivity contribution < 1.29 is 9.63 Å². The second kappa shape index (κ2) is 4.66. The van der Waals surface area contributed by atoms with E-state index in [0.717, 1.165) is 18.4 Å². The number of carbonyl (C=O) groups is 1. The van der Waals surface area contributed by atoms with Crippen LogP contribution in [0.3, 0.4) is 0 Å². The van der Waals surface area contributed by atoms with Crippen molar-refractivity contribution in [3.05, 3.63) is 34.4 Å². The topological polar surface area (TPSA) is 38.3 Å². The van der Waals surface area contributed by atoms with Crippen molar-refractivity contribution in [2.24, 2.45) is 0 Å². The molecular weight excluding hydrogens is 202 g/mol. The summed E-state index contributed by atoms with van der Waals surface area (Å²) in [4.78, 5) is 16.5. The zero-order valence-corrected chi connectivity index (χ0v) is 9.80. The third-order valence-electron chi connectivity index (χ3n) is 3.21. The molecule has 0 aromatic heterocycles. The Morgan fingerprint density at radius 3 is 2.62 bits per heavy atom. The minimum Gasteiger partial charge on any atom is -0.277 e. The minimum atomic E-state index is -0.138. The number of aryl methyl sites for hydroxylation is 1. The maximum Gasteiger partial charge on any atom is 0.275 e. The van der Waals surface area contributed by atoms with Crippen LogP contribution in [0.4, 0.5) is 0 Å². The number of fused-ring (bicyclic) bond motifs is 1. The largest absolute Gasteiger partial charge is 0.277 e. The van der Waals surface area contributed by atoms with Gasteiger partial charge in [0.15, 0.2) is 0 Å². The lowest BCUT2D eigenvalue weighted by atomic mass is 9.85. The quantitative estimate of drug-likeness (QED) is 0.774. The molecule has 3 heteroatoms. The summed E-state index contributed by atoms with van der Waals surface area (Å²) >= 11 is 0. The first-order valence-corrected chi connectivity index (χ1v) is 5.68. The molecule has 16 heavy (non-hydrogen) atoms. The number of hydrogen-bond acceptors (Lipinski definition) is 2. The van der Waals surface area contributed by atoms with Crippen LogP contribution in [-0.2, 0) is 17.7 Å². The predicted octanol–water partition coefficient (Wildman–Crippen LogP) is 2.17. The van der Waals surface area contributed by atoms with Crippen LogP contribution in [0.25, 0.3) is 0 Å². The summed E-state index contributed by atoms with van der Waals surface area (Å²) in [6, 6.07) is 3.92. The first kappa shape index (κ1) is 11.1. The summed E-state index contributed by atoms with van der Waals surface area (Å²) in [5, 5.41) is 0. The first-order chi connectivity index (χ1) is 7.74. The van der Waals surface area contributed by atoms with E-state index in [4.69, 9.17) is 0 Å². The van der Waals surface area contributed by atoms with E-state index in [2.05, 4.69) is 17.2 Å². The van der Waals surface area contributed by atoms with Crippen LogP contribution >= 0.6 is 0 Å². The van der Waals surface area contributed by atoms with E-state index in [1.165, 1.54) is 36.6 Å². The van der Waals surface area contributed by atoms with Gasteiger partial charge in [0.25, 0.3) is 5.91 Å². The van der Waals surface area contributed by atoms with Crippen LogP contribution in [0.1, 0.15) is 39.9 Å². The summed E-state index contributed by atoms with van der Waals surface area (Å²) in [6.45, 7) is 2.11. The molecule has 0 fully saturated rings. The third-order valence-corrected chi connectivity index (χ3v) is 3.21. The van der Waals surface area contributed by atoms with Gasteiger partial charge >= 0.3 is 0 Å². The highest BCUT2D eigenvalue weighted by Crippen LogP contribution is 2.27. The van der Waals surface area contributed by atoms with Gasteiger partial charge in [0, 0.05) is 5.56 Å². The molecule has 1 amide bonds. The molecule has 3 nitrogen and oxygen atoms in total. The number of hydrogen-bond donors (Lipinski definition) is 1. The minimum absolute atomic E-state index is 0.138. The predicted molar refractivity (Wildman–Crippen MR) is 62.3 cm³/mol. The summed E-state index contributed by atoms with van der Waals surface area (Å²) in [5.41, 5.74) is 7.02. The highest BCUT2D eigenvalue weighted by Gasteiger charge is 2.18. The normalized spacial score (nSPS) is 14.4. The van der Waals surface area contributed by atoms with Crippen molar-refractivity contribution in [2.45, 2.75) is 32.6 Å². The molecule has 1 aromatic carbocycles. The van der Waals surface area contributed by atoms with Crippen molar-refractivity contribution in [2.75, 3.05) is 7.11 Å². The molecule has 0 spiro atoms. The fourth-order valence-electron chi connectivity index (χ4n) is 2.41. The Bertz CT molecular complexity index is 413. The molecule has 0 radical (unpaired) electrons. The Labute approximate surface area is 95.8 Å². The van der Waals surface area contributed by atoms with Crippen LogP contribution in [0.5, 0.6) is 0 Å². The molecule has 86 valence electrons. The number of carbonyl (C=O) groups excluding carboxylic acids is 1. The molecule has 0 heterocycles. The molecule has 0 atom stereocenters. The maximum atomic E-state index is 11.8. The van der Waals surface area contributed by atoms with Crippen molar-refractivity contribution in [3.8, 4) is 0 Å². The number of nitrogens with one attached hydrogen (secondary N) is 1. The Kier molecular flexibility index (Phi) is 3.25. The fourth-order valence-corrected chi connectivity index (χ4v) is 2.41. The molecule has 1 aliphatic rings.